The second-order valence-corrected chi connectivity index (χ2v) is 8.71. The van der Waals surface area contributed by atoms with Crippen LogP contribution in [0, 0.1) is 5.82 Å². The van der Waals surface area contributed by atoms with E-state index in [-0.39, 0.29) is 12.4 Å². The highest BCUT2D eigenvalue weighted by atomic mass is 32.1. The van der Waals surface area contributed by atoms with E-state index in [1.807, 2.05) is 30.3 Å². The molecule has 0 fully saturated rings. The molecule has 0 radical (unpaired) electrons. The average Bonchev–Trinajstić information content (AvgIpc) is 2.84. The van der Waals surface area contributed by atoms with Crippen LogP contribution in [0.5, 0.6) is 11.5 Å². The number of pyridine rings is 1. The van der Waals surface area contributed by atoms with Crippen molar-refractivity contribution in [2.45, 2.75) is 17.7 Å². The molecule has 0 saturated heterocycles. The zero-order chi connectivity index (χ0) is 23.2. The van der Waals surface area contributed by atoms with Crippen molar-refractivity contribution in [3.05, 3.63) is 93.7 Å². The minimum Gasteiger partial charge on any atom is -0.502 e. The van der Waals surface area contributed by atoms with Crippen molar-refractivity contribution in [3.8, 4) is 11.5 Å². The van der Waals surface area contributed by atoms with Crippen molar-refractivity contribution in [1.82, 2.24) is 9.58 Å². The number of ether oxygens (including phenoxy) is 1. The number of nitrogens with zero attached hydrogens (tertiary/aromatic N) is 3. The molecular formula is C24H22FN3O4S. The van der Waals surface area contributed by atoms with Crippen LogP contribution >= 0.6 is 12.6 Å². The lowest BCUT2D eigenvalue weighted by Crippen LogP contribution is -2.61. The molecule has 2 aliphatic heterocycles. The molecule has 3 heterocycles. The number of aromatic nitrogens is 1. The maximum atomic E-state index is 14.6. The van der Waals surface area contributed by atoms with Gasteiger partial charge in [0, 0.05) is 24.4 Å². The summed E-state index contributed by atoms with van der Waals surface area (Å²) in [6.07, 6.45) is 2.75. The van der Waals surface area contributed by atoms with Crippen LogP contribution in [0.4, 0.5) is 4.39 Å². The van der Waals surface area contributed by atoms with Crippen molar-refractivity contribution < 1.29 is 19.0 Å². The number of carbonyl (C=O) groups excluding carboxylic acids is 1. The highest BCUT2D eigenvalue weighted by molar-refractivity contribution is 7.81. The van der Waals surface area contributed by atoms with Crippen LogP contribution in [-0.2, 0) is 4.87 Å². The Balaban J connectivity index is 1.86. The number of halogens is 1. The van der Waals surface area contributed by atoms with Crippen LogP contribution in [0.1, 0.15) is 34.5 Å². The lowest BCUT2D eigenvalue weighted by Gasteiger charge is -2.49. The van der Waals surface area contributed by atoms with Crippen molar-refractivity contribution in [2.75, 3.05) is 24.8 Å². The molecule has 7 nitrogen and oxygen atoms in total. The first-order valence-electron chi connectivity index (χ1n) is 10.6. The Morgan fingerprint density at radius 1 is 1.06 bits per heavy atom. The Kier molecular flexibility index (Phi) is 5.28. The van der Waals surface area contributed by atoms with Gasteiger partial charge in [-0.25, -0.2) is 4.39 Å². The van der Waals surface area contributed by atoms with Crippen molar-refractivity contribution in [2.24, 2.45) is 0 Å². The number of amides is 1. The number of aromatic hydroxyl groups is 1. The summed E-state index contributed by atoms with van der Waals surface area (Å²) in [4.78, 5) is 25.7. The summed E-state index contributed by atoms with van der Waals surface area (Å²) < 4.78 is 22.1. The van der Waals surface area contributed by atoms with Gasteiger partial charge in [-0.2, -0.15) is 0 Å². The van der Waals surface area contributed by atoms with E-state index >= 15 is 0 Å². The lowest BCUT2D eigenvalue weighted by atomic mass is 9.95. The van der Waals surface area contributed by atoms with Gasteiger partial charge in [0.2, 0.25) is 5.43 Å². The quantitative estimate of drug-likeness (QED) is 0.538. The maximum Gasteiger partial charge on any atom is 0.277 e. The van der Waals surface area contributed by atoms with E-state index in [2.05, 4.69) is 0 Å². The zero-order valence-corrected chi connectivity index (χ0v) is 18.5. The summed E-state index contributed by atoms with van der Waals surface area (Å²) >= 11 is 5.13. The molecule has 0 unspecified atom stereocenters. The molecule has 170 valence electrons. The number of fused-ring (bicyclic) bond motifs is 5. The smallest absolute Gasteiger partial charge is 0.277 e. The van der Waals surface area contributed by atoms with Gasteiger partial charge in [0.15, 0.2) is 16.3 Å². The third-order valence-corrected chi connectivity index (χ3v) is 6.79. The maximum absolute atomic E-state index is 14.6. The van der Waals surface area contributed by atoms with Gasteiger partial charge in [0.25, 0.3) is 5.91 Å². The predicted octanol–water partition coefficient (Wildman–Crippen LogP) is 3.05. The first-order chi connectivity index (χ1) is 15.9. The van der Waals surface area contributed by atoms with E-state index in [1.54, 1.807) is 16.0 Å². The van der Waals surface area contributed by atoms with Gasteiger partial charge in [0.05, 0.1) is 6.61 Å². The molecule has 3 aromatic rings. The highest BCUT2D eigenvalue weighted by Gasteiger charge is 2.45. The zero-order valence-electron chi connectivity index (χ0n) is 17.6. The number of rotatable bonds is 1. The highest BCUT2D eigenvalue weighted by Crippen LogP contribution is 2.45. The Labute approximate surface area is 195 Å². The molecule has 2 bridgehead atoms. The number of carbonyl (C=O) groups is 1. The number of thiol groups is 1. The van der Waals surface area contributed by atoms with E-state index in [4.69, 9.17) is 17.4 Å². The second-order valence-electron chi connectivity index (χ2n) is 8.07. The standard InChI is InChI=1S/C24H22FN3O4S/c25-17-8-9-20-18(14-17)24(33,16-6-2-1-3-7-16)28-15-26(11-4-5-13-32-20)23(31)21-22(30)19(29)10-12-27(21)28/h1-3,6-10,12,14,30,33H,4-5,11,13,15H2/t24-/m0/s1. The van der Waals surface area contributed by atoms with Gasteiger partial charge in [-0.15, -0.1) is 12.6 Å². The van der Waals surface area contributed by atoms with Crippen LogP contribution in [0.2, 0.25) is 0 Å². The normalized spacial score (nSPS) is 20.4. The molecule has 1 amide bonds. The summed E-state index contributed by atoms with van der Waals surface area (Å²) in [5.41, 5.74) is 0.333. The van der Waals surface area contributed by atoms with E-state index in [1.165, 1.54) is 29.1 Å². The lowest BCUT2D eigenvalue weighted by molar-refractivity contribution is 0.0672. The number of hydrogen-bond acceptors (Lipinski definition) is 6. The van der Waals surface area contributed by atoms with Gasteiger partial charge < -0.3 is 14.7 Å². The molecule has 2 aliphatic rings. The van der Waals surface area contributed by atoms with Gasteiger partial charge in [-0.05, 0) is 36.6 Å². The van der Waals surface area contributed by atoms with Crippen molar-refractivity contribution in [3.63, 3.8) is 0 Å². The number of benzene rings is 2. The van der Waals surface area contributed by atoms with Gasteiger partial charge in [-0.3, -0.25) is 19.3 Å². The Morgan fingerprint density at radius 2 is 1.85 bits per heavy atom. The fourth-order valence-electron chi connectivity index (χ4n) is 4.39. The Bertz CT molecular complexity index is 1280. The largest absolute Gasteiger partial charge is 0.502 e. The minimum atomic E-state index is -1.32. The topological polar surface area (TPSA) is 75.0 Å². The third-order valence-electron chi connectivity index (χ3n) is 6.06. The Morgan fingerprint density at radius 3 is 2.64 bits per heavy atom. The molecule has 5 rings (SSSR count). The molecule has 1 N–H and O–H groups in total. The second kappa shape index (κ2) is 8.15. The molecule has 0 saturated carbocycles. The fraction of sp³-hybridized carbons (Fsp3) is 0.250. The van der Waals surface area contributed by atoms with E-state index in [9.17, 15) is 19.1 Å². The molecule has 1 aromatic heterocycles. The predicted molar refractivity (Wildman–Crippen MR) is 124 cm³/mol. The molecular weight excluding hydrogens is 445 g/mol. The molecule has 33 heavy (non-hydrogen) atoms. The molecule has 9 heteroatoms. The minimum absolute atomic E-state index is 0.0997. The summed E-state index contributed by atoms with van der Waals surface area (Å²) in [5, 5.41) is 12.3. The summed E-state index contributed by atoms with van der Waals surface area (Å²) in [6, 6.07) is 14.7. The summed E-state index contributed by atoms with van der Waals surface area (Å²) in [6.45, 7) is 0.877. The van der Waals surface area contributed by atoms with Crippen LogP contribution < -0.4 is 15.2 Å². The first-order valence-corrected chi connectivity index (χ1v) is 11.1. The molecule has 2 aromatic carbocycles. The van der Waals surface area contributed by atoms with Gasteiger partial charge in [0.1, 0.15) is 18.2 Å². The first kappa shape index (κ1) is 21.4. The monoisotopic (exact) mass is 467 g/mol. The van der Waals surface area contributed by atoms with Gasteiger partial charge in [-0.1, -0.05) is 30.3 Å². The van der Waals surface area contributed by atoms with Crippen LogP contribution in [-0.4, -0.2) is 40.4 Å². The van der Waals surface area contributed by atoms with Crippen LogP contribution in [0.15, 0.2) is 65.6 Å². The van der Waals surface area contributed by atoms with Crippen molar-refractivity contribution in [1.29, 1.82) is 0 Å². The molecule has 0 spiro atoms. The number of hydrogen-bond donors (Lipinski definition) is 2. The molecule has 1 atom stereocenters. The Hall–Kier alpha value is -3.46. The van der Waals surface area contributed by atoms with E-state index in [0.717, 1.165) is 0 Å². The molecule has 0 aliphatic carbocycles. The van der Waals surface area contributed by atoms with Crippen LogP contribution in [0.25, 0.3) is 0 Å². The fourth-order valence-corrected chi connectivity index (χ4v) is 4.88. The van der Waals surface area contributed by atoms with Crippen LogP contribution in [0.3, 0.4) is 0 Å². The summed E-state index contributed by atoms with van der Waals surface area (Å²) in [7, 11) is 0. The van der Waals surface area contributed by atoms with Crippen molar-refractivity contribution >= 4 is 18.5 Å². The SMILES string of the molecule is O=C1c2c(O)c(=O)ccn2N2CN1CCCCOc1ccc(F)cc1[C@@]2(S)c1ccccc1. The summed E-state index contributed by atoms with van der Waals surface area (Å²) in [5.74, 6) is -1.08. The third kappa shape index (κ3) is 3.43. The van der Waals surface area contributed by atoms with E-state index < -0.39 is 27.8 Å². The average molecular weight is 468 g/mol. The van der Waals surface area contributed by atoms with Gasteiger partial charge >= 0.3 is 0 Å². The van der Waals surface area contributed by atoms with E-state index in [0.29, 0.717) is 42.9 Å².